The molecule has 2 amide bonds. The SMILES string of the molecule is Cc1nccn1-c1cccc(C(=O)CC(=O)NC2C=C(c3ccccc3)C=CC2(F)CC(C)(C)OC(N)=O)c1. The van der Waals surface area contributed by atoms with Gasteiger partial charge in [-0.05, 0) is 50.1 Å². The fraction of sp³-hybridized carbons (Fsp3) is 0.267. The maximum absolute atomic E-state index is 16.5. The van der Waals surface area contributed by atoms with Crippen LogP contribution >= 0.6 is 0 Å². The Hall–Kier alpha value is -4.53. The van der Waals surface area contributed by atoms with E-state index in [-0.39, 0.29) is 6.42 Å². The van der Waals surface area contributed by atoms with Gasteiger partial charge < -0.3 is 20.4 Å². The van der Waals surface area contributed by atoms with Gasteiger partial charge in [-0.15, -0.1) is 0 Å². The van der Waals surface area contributed by atoms with Crippen LogP contribution in [0.4, 0.5) is 9.18 Å². The molecule has 0 spiro atoms. The zero-order valence-electron chi connectivity index (χ0n) is 22.1. The van der Waals surface area contributed by atoms with E-state index in [1.165, 1.54) is 6.08 Å². The minimum atomic E-state index is -2.12. The second-order valence-corrected chi connectivity index (χ2v) is 10.1. The fourth-order valence-corrected chi connectivity index (χ4v) is 4.77. The third kappa shape index (κ3) is 6.67. The number of carbonyl (C=O) groups is 3. The zero-order valence-corrected chi connectivity index (χ0v) is 22.1. The van der Waals surface area contributed by atoms with Gasteiger partial charge in [-0.1, -0.05) is 54.6 Å². The molecule has 0 aliphatic heterocycles. The molecule has 39 heavy (non-hydrogen) atoms. The highest BCUT2D eigenvalue weighted by atomic mass is 19.1. The van der Waals surface area contributed by atoms with Crippen LogP contribution in [0.1, 0.15) is 48.4 Å². The number of alkyl halides is 1. The number of benzene rings is 2. The number of imidazole rings is 1. The van der Waals surface area contributed by atoms with Crippen LogP contribution in [0.2, 0.25) is 0 Å². The van der Waals surface area contributed by atoms with E-state index in [4.69, 9.17) is 10.5 Å². The minimum Gasteiger partial charge on any atom is -0.444 e. The summed E-state index contributed by atoms with van der Waals surface area (Å²) in [6, 6.07) is 15.1. The van der Waals surface area contributed by atoms with Crippen molar-refractivity contribution in [2.75, 3.05) is 0 Å². The Morgan fingerprint density at radius 3 is 2.56 bits per heavy atom. The molecule has 202 valence electrons. The van der Waals surface area contributed by atoms with Gasteiger partial charge in [-0.3, -0.25) is 9.59 Å². The number of halogens is 1. The van der Waals surface area contributed by atoms with Gasteiger partial charge in [0, 0.05) is 30.1 Å². The standard InChI is InChI=1S/C30H31FN4O4/c1-20-33-14-15-35(20)24-11-7-10-23(16-24)25(36)18-27(37)34-26-17-22(21-8-5-4-6-9-21)12-13-30(26,31)19-29(2,3)39-28(32)38/h4-17,26H,18-19H2,1-3H3,(H2,32,38)(H,34,37). The Kier molecular flexibility index (Phi) is 7.80. The third-order valence-electron chi connectivity index (χ3n) is 6.49. The average Bonchev–Trinajstić information content (AvgIpc) is 3.30. The molecule has 2 aromatic carbocycles. The maximum atomic E-state index is 16.5. The van der Waals surface area contributed by atoms with E-state index >= 15 is 4.39 Å². The Balaban J connectivity index is 1.55. The number of ketones is 1. The van der Waals surface area contributed by atoms with Crippen LogP contribution < -0.4 is 11.1 Å². The van der Waals surface area contributed by atoms with Gasteiger partial charge in [0.2, 0.25) is 5.91 Å². The predicted octanol–water partition coefficient (Wildman–Crippen LogP) is 4.86. The van der Waals surface area contributed by atoms with Crippen molar-refractivity contribution in [3.63, 3.8) is 0 Å². The molecule has 0 saturated carbocycles. The molecule has 2 unspecified atom stereocenters. The molecule has 1 aromatic heterocycles. The second kappa shape index (κ2) is 11.1. The Labute approximate surface area is 226 Å². The molecule has 1 heterocycles. The number of aromatic nitrogens is 2. The van der Waals surface area contributed by atoms with Crippen LogP contribution in [0, 0.1) is 6.92 Å². The number of nitrogens with two attached hydrogens (primary N) is 1. The molecule has 1 aliphatic rings. The van der Waals surface area contributed by atoms with Crippen LogP contribution in [0.15, 0.2) is 85.2 Å². The molecule has 1 aliphatic carbocycles. The zero-order chi connectivity index (χ0) is 28.2. The van der Waals surface area contributed by atoms with Crippen LogP contribution in [0.5, 0.6) is 0 Å². The van der Waals surface area contributed by atoms with Crippen LogP contribution in [0.25, 0.3) is 11.3 Å². The summed E-state index contributed by atoms with van der Waals surface area (Å²) in [5, 5.41) is 2.69. The molecule has 8 nitrogen and oxygen atoms in total. The van der Waals surface area contributed by atoms with E-state index in [0.717, 1.165) is 17.1 Å². The summed E-state index contributed by atoms with van der Waals surface area (Å²) in [6.45, 7) is 4.93. The normalized spacial score (nSPS) is 18.8. The van der Waals surface area contributed by atoms with E-state index in [9.17, 15) is 14.4 Å². The molecule has 3 aromatic rings. The van der Waals surface area contributed by atoms with Crippen LogP contribution in [-0.2, 0) is 9.53 Å². The van der Waals surface area contributed by atoms with Crippen molar-refractivity contribution in [3.05, 3.63) is 102 Å². The number of hydrogen-bond acceptors (Lipinski definition) is 5. The Bertz CT molecular complexity index is 1440. The monoisotopic (exact) mass is 530 g/mol. The summed E-state index contributed by atoms with van der Waals surface area (Å²) in [7, 11) is 0. The molecule has 4 rings (SSSR count). The quantitative estimate of drug-likeness (QED) is 0.303. The summed E-state index contributed by atoms with van der Waals surface area (Å²) >= 11 is 0. The van der Waals surface area contributed by atoms with E-state index in [1.54, 1.807) is 56.6 Å². The van der Waals surface area contributed by atoms with Crippen molar-refractivity contribution in [1.29, 1.82) is 0 Å². The number of carbonyl (C=O) groups excluding carboxylic acids is 3. The first-order valence-electron chi connectivity index (χ1n) is 12.5. The summed E-state index contributed by atoms with van der Waals surface area (Å²) < 4.78 is 23.4. The summed E-state index contributed by atoms with van der Waals surface area (Å²) in [5.74, 6) is -0.289. The first-order valence-corrected chi connectivity index (χ1v) is 12.5. The lowest BCUT2D eigenvalue weighted by molar-refractivity contribution is -0.121. The first-order chi connectivity index (χ1) is 18.5. The number of ether oxygens (including phenoxy) is 1. The molecular weight excluding hydrogens is 499 g/mol. The van der Waals surface area contributed by atoms with E-state index in [2.05, 4.69) is 10.3 Å². The molecular formula is C30H31FN4O4. The van der Waals surface area contributed by atoms with Gasteiger partial charge >= 0.3 is 6.09 Å². The summed E-state index contributed by atoms with van der Waals surface area (Å²) in [5.41, 5.74) is 4.44. The van der Waals surface area contributed by atoms with Gasteiger partial charge in [0.1, 0.15) is 11.4 Å². The summed E-state index contributed by atoms with van der Waals surface area (Å²) in [6.07, 6.45) is 6.26. The highest BCUT2D eigenvalue weighted by Gasteiger charge is 2.44. The Morgan fingerprint density at radius 2 is 1.90 bits per heavy atom. The van der Waals surface area contributed by atoms with E-state index < -0.39 is 41.5 Å². The minimum absolute atomic E-state index is 0.275. The number of hydrogen-bond donors (Lipinski definition) is 2. The molecule has 2 atom stereocenters. The number of nitrogens with one attached hydrogen (secondary N) is 1. The van der Waals surface area contributed by atoms with Crippen molar-refractivity contribution < 1.29 is 23.5 Å². The largest absolute Gasteiger partial charge is 0.444 e. The lowest BCUT2D eigenvalue weighted by atomic mass is 9.79. The number of nitrogens with zero attached hydrogens (tertiary/aromatic N) is 2. The van der Waals surface area contributed by atoms with Gasteiger partial charge in [0.15, 0.2) is 11.5 Å². The summed E-state index contributed by atoms with van der Waals surface area (Å²) in [4.78, 5) is 41.6. The van der Waals surface area contributed by atoms with Crippen LogP contribution in [0.3, 0.4) is 0 Å². The number of amides is 2. The van der Waals surface area contributed by atoms with E-state index in [0.29, 0.717) is 11.1 Å². The number of Topliss-reactive ketones (excluding diaryl/α,β-unsaturated/α-hetero) is 1. The van der Waals surface area contributed by atoms with Crippen molar-refractivity contribution in [2.45, 2.75) is 50.9 Å². The maximum Gasteiger partial charge on any atom is 0.405 e. The van der Waals surface area contributed by atoms with Crippen LogP contribution in [-0.4, -0.2) is 44.6 Å². The molecule has 0 radical (unpaired) electrons. The molecule has 0 bridgehead atoms. The molecule has 9 heteroatoms. The molecule has 3 N–H and O–H groups in total. The lowest BCUT2D eigenvalue weighted by Gasteiger charge is -2.38. The van der Waals surface area contributed by atoms with Crippen molar-refractivity contribution in [1.82, 2.24) is 14.9 Å². The van der Waals surface area contributed by atoms with Gasteiger partial charge in [-0.25, -0.2) is 14.2 Å². The second-order valence-electron chi connectivity index (χ2n) is 10.1. The average molecular weight is 531 g/mol. The smallest absolute Gasteiger partial charge is 0.405 e. The fourth-order valence-electron chi connectivity index (χ4n) is 4.77. The number of primary amides is 1. The van der Waals surface area contributed by atoms with Gasteiger partial charge in [0.05, 0.1) is 12.5 Å². The number of allylic oxidation sites excluding steroid dienone is 2. The highest BCUT2D eigenvalue weighted by Crippen LogP contribution is 2.37. The van der Waals surface area contributed by atoms with Gasteiger partial charge in [-0.2, -0.15) is 0 Å². The van der Waals surface area contributed by atoms with Gasteiger partial charge in [0.25, 0.3) is 0 Å². The number of aryl methyl sites for hydroxylation is 1. The van der Waals surface area contributed by atoms with Crippen molar-refractivity contribution in [2.24, 2.45) is 5.73 Å². The highest BCUT2D eigenvalue weighted by molar-refractivity contribution is 6.07. The first kappa shape index (κ1) is 27.5. The lowest BCUT2D eigenvalue weighted by Crippen LogP contribution is -2.53. The third-order valence-corrected chi connectivity index (χ3v) is 6.49. The Morgan fingerprint density at radius 1 is 1.15 bits per heavy atom. The van der Waals surface area contributed by atoms with E-state index in [1.807, 2.05) is 47.9 Å². The topological polar surface area (TPSA) is 116 Å². The van der Waals surface area contributed by atoms with Crippen molar-refractivity contribution >= 4 is 23.4 Å². The molecule has 0 fully saturated rings. The number of rotatable bonds is 9. The predicted molar refractivity (Wildman–Crippen MR) is 146 cm³/mol. The van der Waals surface area contributed by atoms with Crippen molar-refractivity contribution in [3.8, 4) is 5.69 Å². The molecule has 0 saturated heterocycles.